The van der Waals surface area contributed by atoms with Gasteiger partial charge in [0.15, 0.2) is 0 Å². The van der Waals surface area contributed by atoms with Gasteiger partial charge in [-0.2, -0.15) is 5.10 Å². The zero-order valence-corrected chi connectivity index (χ0v) is 12.7. The Morgan fingerprint density at radius 1 is 1.55 bits per heavy atom. The maximum Gasteiger partial charge on any atom is 0.0794 e. The summed E-state index contributed by atoms with van der Waals surface area (Å²) in [5.41, 5.74) is 2.42. The molecule has 2 N–H and O–H groups in total. The maximum absolute atomic E-state index is 4.19. The molecule has 20 heavy (non-hydrogen) atoms. The molecule has 1 aliphatic rings. The molecule has 108 valence electrons. The number of aromatic amines is 1. The van der Waals surface area contributed by atoms with E-state index in [0.29, 0.717) is 6.04 Å². The summed E-state index contributed by atoms with van der Waals surface area (Å²) in [5.74, 6) is 0. The Balaban J connectivity index is 1.56. The molecule has 1 fully saturated rings. The van der Waals surface area contributed by atoms with Gasteiger partial charge in [-0.15, -0.1) is 11.3 Å². The Morgan fingerprint density at radius 3 is 3.30 bits per heavy atom. The van der Waals surface area contributed by atoms with Gasteiger partial charge in [-0.05, 0) is 37.4 Å². The van der Waals surface area contributed by atoms with Gasteiger partial charge in [0.25, 0.3) is 0 Å². The summed E-state index contributed by atoms with van der Waals surface area (Å²) >= 11 is 1.75. The van der Waals surface area contributed by atoms with E-state index < -0.39 is 0 Å². The molecule has 0 aromatic carbocycles. The third kappa shape index (κ3) is 2.95. The normalized spacial score (nSPS) is 19.8. The monoisotopic (exact) mass is 290 g/mol. The second-order valence-corrected chi connectivity index (χ2v) is 6.25. The lowest BCUT2D eigenvalue weighted by molar-refractivity contribution is 0.260. The highest BCUT2D eigenvalue weighted by molar-refractivity contribution is 7.13. The van der Waals surface area contributed by atoms with E-state index in [4.69, 9.17) is 0 Å². The van der Waals surface area contributed by atoms with Crippen LogP contribution in [-0.4, -0.2) is 40.8 Å². The van der Waals surface area contributed by atoms with E-state index in [1.165, 1.54) is 36.4 Å². The SMILES string of the molecule is CCN1CCCC1CNCc1cn[nH]c1-c1cccs1. The van der Waals surface area contributed by atoms with Crippen molar-refractivity contribution in [2.75, 3.05) is 19.6 Å². The van der Waals surface area contributed by atoms with Crippen molar-refractivity contribution in [3.05, 3.63) is 29.3 Å². The van der Waals surface area contributed by atoms with E-state index in [0.717, 1.165) is 18.8 Å². The summed E-state index contributed by atoms with van der Waals surface area (Å²) in [7, 11) is 0. The van der Waals surface area contributed by atoms with Gasteiger partial charge in [0.05, 0.1) is 16.8 Å². The van der Waals surface area contributed by atoms with Crippen molar-refractivity contribution in [2.45, 2.75) is 32.4 Å². The quantitative estimate of drug-likeness (QED) is 0.860. The summed E-state index contributed by atoms with van der Waals surface area (Å²) in [6.07, 6.45) is 4.60. The lowest BCUT2D eigenvalue weighted by atomic mass is 10.2. The average molecular weight is 290 g/mol. The van der Waals surface area contributed by atoms with Crippen LogP contribution in [0, 0.1) is 0 Å². The summed E-state index contributed by atoms with van der Waals surface area (Å²) < 4.78 is 0. The zero-order chi connectivity index (χ0) is 13.8. The van der Waals surface area contributed by atoms with E-state index in [-0.39, 0.29) is 0 Å². The van der Waals surface area contributed by atoms with Gasteiger partial charge >= 0.3 is 0 Å². The topological polar surface area (TPSA) is 44.0 Å². The molecule has 1 atom stereocenters. The van der Waals surface area contributed by atoms with Crippen molar-refractivity contribution >= 4 is 11.3 Å². The third-order valence-corrected chi connectivity index (χ3v) is 4.97. The van der Waals surface area contributed by atoms with Crippen molar-refractivity contribution in [1.82, 2.24) is 20.4 Å². The Morgan fingerprint density at radius 2 is 2.50 bits per heavy atom. The smallest absolute Gasteiger partial charge is 0.0794 e. The molecule has 0 bridgehead atoms. The predicted molar refractivity (Wildman–Crippen MR) is 83.9 cm³/mol. The van der Waals surface area contributed by atoms with Crippen molar-refractivity contribution in [3.8, 4) is 10.6 Å². The standard InChI is InChI=1S/C15H22N4S/c1-2-19-7-3-5-13(19)11-16-9-12-10-17-18-15(12)14-6-4-8-20-14/h4,6,8,10,13,16H,2-3,5,7,9,11H2,1H3,(H,17,18). The number of likely N-dealkylation sites (N-methyl/N-ethyl adjacent to an activating group) is 1. The molecule has 0 aliphatic carbocycles. The van der Waals surface area contributed by atoms with Gasteiger partial charge in [0.2, 0.25) is 0 Å². The Labute approximate surface area is 124 Å². The van der Waals surface area contributed by atoms with Crippen LogP contribution < -0.4 is 5.32 Å². The predicted octanol–water partition coefficient (Wildman–Crippen LogP) is 2.71. The summed E-state index contributed by atoms with van der Waals surface area (Å²) in [5, 5.41) is 13.0. The van der Waals surface area contributed by atoms with Crippen molar-refractivity contribution in [1.29, 1.82) is 0 Å². The minimum atomic E-state index is 0.706. The number of hydrogen-bond donors (Lipinski definition) is 2. The van der Waals surface area contributed by atoms with E-state index in [2.05, 4.69) is 44.9 Å². The van der Waals surface area contributed by atoms with E-state index >= 15 is 0 Å². The lowest BCUT2D eigenvalue weighted by Gasteiger charge is -2.22. The molecular weight excluding hydrogens is 268 g/mol. The Bertz CT molecular complexity index is 520. The number of aromatic nitrogens is 2. The minimum absolute atomic E-state index is 0.706. The van der Waals surface area contributed by atoms with Gasteiger partial charge in [-0.25, -0.2) is 0 Å². The van der Waals surface area contributed by atoms with Crippen LogP contribution in [0.4, 0.5) is 0 Å². The van der Waals surface area contributed by atoms with Crippen LogP contribution in [0.5, 0.6) is 0 Å². The van der Waals surface area contributed by atoms with E-state index in [9.17, 15) is 0 Å². The second kappa shape index (κ2) is 6.52. The van der Waals surface area contributed by atoms with Gasteiger partial charge in [-0.1, -0.05) is 13.0 Å². The highest BCUT2D eigenvalue weighted by Gasteiger charge is 2.22. The van der Waals surface area contributed by atoms with Crippen LogP contribution >= 0.6 is 11.3 Å². The molecular formula is C15H22N4S. The molecule has 3 heterocycles. The van der Waals surface area contributed by atoms with Crippen molar-refractivity contribution < 1.29 is 0 Å². The molecule has 0 amide bonds. The summed E-state index contributed by atoms with van der Waals surface area (Å²) in [4.78, 5) is 3.83. The van der Waals surface area contributed by atoms with Crippen LogP contribution in [0.3, 0.4) is 0 Å². The molecule has 1 unspecified atom stereocenters. The van der Waals surface area contributed by atoms with Crippen LogP contribution in [0.15, 0.2) is 23.7 Å². The van der Waals surface area contributed by atoms with Crippen molar-refractivity contribution in [3.63, 3.8) is 0 Å². The van der Waals surface area contributed by atoms with Gasteiger partial charge < -0.3 is 5.32 Å². The Hall–Kier alpha value is -1.17. The first-order chi connectivity index (χ1) is 9.88. The van der Waals surface area contributed by atoms with E-state index in [1.54, 1.807) is 11.3 Å². The molecule has 0 saturated carbocycles. The number of H-pyrrole nitrogens is 1. The molecule has 2 aromatic heterocycles. The third-order valence-electron chi connectivity index (χ3n) is 4.09. The van der Waals surface area contributed by atoms with Crippen LogP contribution in [0.2, 0.25) is 0 Å². The fourth-order valence-electron chi connectivity index (χ4n) is 3.00. The maximum atomic E-state index is 4.19. The molecule has 0 spiro atoms. The number of hydrogen-bond acceptors (Lipinski definition) is 4. The van der Waals surface area contributed by atoms with Crippen LogP contribution in [-0.2, 0) is 6.54 Å². The summed E-state index contributed by atoms with van der Waals surface area (Å²) in [6.45, 7) is 6.64. The van der Waals surface area contributed by atoms with E-state index in [1.807, 2.05) is 6.20 Å². The minimum Gasteiger partial charge on any atom is -0.311 e. The number of rotatable bonds is 6. The molecule has 1 saturated heterocycles. The first-order valence-electron chi connectivity index (χ1n) is 7.39. The molecule has 2 aromatic rings. The van der Waals surface area contributed by atoms with Gasteiger partial charge in [-0.3, -0.25) is 10.00 Å². The second-order valence-electron chi connectivity index (χ2n) is 5.30. The number of thiophene rings is 1. The molecule has 1 aliphatic heterocycles. The fourth-order valence-corrected chi connectivity index (χ4v) is 3.75. The zero-order valence-electron chi connectivity index (χ0n) is 11.9. The van der Waals surface area contributed by atoms with Gasteiger partial charge in [0, 0.05) is 24.7 Å². The Kier molecular flexibility index (Phi) is 4.50. The molecule has 4 nitrogen and oxygen atoms in total. The molecule has 3 rings (SSSR count). The highest BCUT2D eigenvalue weighted by Crippen LogP contribution is 2.25. The highest BCUT2D eigenvalue weighted by atomic mass is 32.1. The average Bonchev–Trinajstić information content (AvgIpc) is 3.20. The number of nitrogens with zero attached hydrogens (tertiary/aromatic N) is 2. The first-order valence-corrected chi connectivity index (χ1v) is 8.27. The largest absolute Gasteiger partial charge is 0.311 e. The number of nitrogens with one attached hydrogen (secondary N) is 2. The fraction of sp³-hybridized carbons (Fsp3) is 0.533. The number of likely N-dealkylation sites (tertiary alicyclic amines) is 1. The molecule has 5 heteroatoms. The van der Waals surface area contributed by atoms with Crippen molar-refractivity contribution in [2.24, 2.45) is 0 Å². The van der Waals surface area contributed by atoms with Crippen LogP contribution in [0.25, 0.3) is 10.6 Å². The lowest BCUT2D eigenvalue weighted by Crippen LogP contribution is -2.37. The summed E-state index contributed by atoms with van der Waals surface area (Å²) in [6, 6.07) is 4.92. The van der Waals surface area contributed by atoms with Gasteiger partial charge in [0.1, 0.15) is 0 Å². The van der Waals surface area contributed by atoms with Crippen LogP contribution in [0.1, 0.15) is 25.3 Å². The molecule has 0 radical (unpaired) electrons. The first kappa shape index (κ1) is 13.8.